The van der Waals surface area contributed by atoms with Crippen LogP contribution in [-0.2, 0) is 5.41 Å². The predicted octanol–water partition coefficient (Wildman–Crippen LogP) is 16.4. The highest BCUT2D eigenvalue weighted by Gasteiger charge is 2.53. The first-order valence-corrected chi connectivity index (χ1v) is 23.0. The molecule has 3 atom stereocenters. The Hall–Kier alpha value is -7.88. The van der Waals surface area contributed by atoms with Gasteiger partial charge in [-0.2, -0.15) is 0 Å². The summed E-state index contributed by atoms with van der Waals surface area (Å²) in [6.45, 7) is 2.26. The number of furan rings is 1. The van der Waals surface area contributed by atoms with E-state index in [2.05, 4.69) is 247 Å². The first-order valence-electron chi connectivity index (χ1n) is 23.0. The van der Waals surface area contributed by atoms with Crippen LogP contribution in [0.5, 0.6) is 0 Å². The van der Waals surface area contributed by atoms with Crippen molar-refractivity contribution < 1.29 is 4.42 Å². The molecule has 0 aliphatic heterocycles. The molecule has 8 aromatic carbocycles. The number of rotatable bonds is 7. The lowest BCUT2D eigenvalue weighted by atomic mass is 9.63. The average molecular weight is 835 g/mol. The Morgan fingerprint density at radius 2 is 1.20 bits per heavy atom. The van der Waals surface area contributed by atoms with Crippen molar-refractivity contribution in [2.24, 2.45) is 5.92 Å². The summed E-state index contributed by atoms with van der Waals surface area (Å²) in [5.41, 5.74) is 16.3. The van der Waals surface area contributed by atoms with Crippen LogP contribution in [0, 0.1) is 5.92 Å². The van der Waals surface area contributed by atoms with Crippen LogP contribution in [0.2, 0.25) is 0 Å². The van der Waals surface area contributed by atoms with Gasteiger partial charge in [0, 0.05) is 68.3 Å². The monoisotopic (exact) mass is 834 g/mol. The first kappa shape index (κ1) is 37.7. The van der Waals surface area contributed by atoms with E-state index in [4.69, 9.17) is 4.42 Å². The highest BCUT2D eigenvalue weighted by molar-refractivity contribution is 6.10. The molecule has 3 aliphatic rings. The van der Waals surface area contributed by atoms with Gasteiger partial charge < -0.3 is 13.9 Å². The quantitative estimate of drug-likeness (QED) is 0.159. The topological polar surface area (TPSA) is 21.3 Å². The van der Waals surface area contributed by atoms with Crippen LogP contribution in [0.3, 0.4) is 0 Å². The summed E-state index contributed by atoms with van der Waals surface area (Å²) >= 11 is 0. The van der Waals surface area contributed by atoms with E-state index in [0.29, 0.717) is 5.92 Å². The van der Waals surface area contributed by atoms with Crippen molar-refractivity contribution in [1.29, 1.82) is 0 Å². The Balaban J connectivity index is 0.984. The molecule has 65 heavy (non-hydrogen) atoms. The van der Waals surface area contributed by atoms with Gasteiger partial charge in [0.25, 0.3) is 0 Å². The fraction of sp³-hybridized carbons (Fsp3) is 0.0968. The molecule has 0 bridgehead atoms. The Bertz CT molecular complexity index is 3500. The van der Waals surface area contributed by atoms with Crippen molar-refractivity contribution in [3.05, 3.63) is 258 Å². The molecular weight excluding hydrogens is 789 g/mol. The SMILES string of the molecule is CC1CC=Cc2c1oc1cc(N(c3ccc(-c4ccc5c(c4)c4ccccc4n5-c4ccccc4)cc3)c3ccc4c(c3)C(c3ccccc3)(c3ccccc3)C3C=CC=CC43)ccc21. The minimum Gasteiger partial charge on any atom is -0.460 e. The molecule has 2 heterocycles. The van der Waals surface area contributed by atoms with Gasteiger partial charge in [0.05, 0.1) is 16.4 Å². The van der Waals surface area contributed by atoms with Crippen LogP contribution in [0.1, 0.15) is 58.8 Å². The molecule has 13 rings (SSSR count). The number of allylic oxidation sites excluding steroid dienone is 5. The van der Waals surface area contributed by atoms with Gasteiger partial charge in [0.2, 0.25) is 0 Å². The number of nitrogens with zero attached hydrogens (tertiary/aromatic N) is 2. The summed E-state index contributed by atoms with van der Waals surface area (Å²) in [6, 6.07) is 71.8. The van der Waals surface area contributed by atoms with Crippen LogP contribution in [-0.4, -0.2) is 4.57 Å². The molecule has 3 heteroatoms. The summed E-state index contributed by atoms with van der Waals surface area (Å²) in [7, 11) is 0. The standard InChI is InChI=1S/C62H46N2O/c1-41-16-15-25-54-53-36-34-49(40-60(53)65-61(41)54)63(47-31-28-42(29-32-47)43-30-37-59-55(38-43)52-24-12-14-27-58(52)64(59)46-21-9-4-10-22-46)48-33-35-51-50-23-11-13-26-56(50)62(57(51)39-48,44-17-5-2-6-18-44)45-19-7-3-8-20-45/h2-15,17-41,50,56H,16H2,1H3. The zero-order valence-corrected chi connectivity index (χ0v) is 36.2. The maximum Gasteiger partial charge on any atom is 0.137 e. The average Bonchev–Trinajstić information content (AvgIpc) is 4.02. The van der Waals surface area contributed by atoms with Gasteiger partial charge in [0.15, 0.2) is 0 Å². The Morgan fingerprint density at radius 1 is 0.554 bits per heavy atom. The van der Waals surface area contributed by atoms with E-state index in [1.54, 1.807) is 0 Å². The summed E-state index contributed by atoms with van der Waals surface area (Å²) in [4.78, 5) is 2.43. The van der Waals surface area contributed by atoms with Gasteiger partial charge >= 0.3 is 0 Å². The molecule has 3 aliphatic carbocycles. The molecule has 0 saturated carbocycles. The molecule has 0 N–H and O–H groups in total. The van der Waals surface area contributed by atoms with E-state index in [0.717, 1.165) is 45.9 Å². The molecule has 0 spiro atoms. The second-order valence-corrected chi connectivity index (χ2v) is 18.0. The highest BCUT2D eigenvalue weighted by atomic mass is 16.3. The van der Waals surface area contributed by atoms with Crippen molar-refractivity contribution in [3.63, 3.8) is 0 Å². The van der Waals surface area contributed by atoms with Crippen LogP contribution in [0.15, 0.2) is 229 Å². The molecular formula is C62H46N2O. The van der Waals surface area contributed by atoms with Gasteiger partial charge in [-0.1, -0.05) is 165 Å². The van der Waals surface area contributed by atoms with Crippen molar-refractivity contribution in [1.82, 2.24) is 4.57 Å². The summed E-state index contributed by atoms with van der Waals surface area (Å²) in [6.07, 6.45) is 14.8. The number of hydrogen-bond donors (Lipinski definition) is 0. The first-order chi connectivity index (χ1) is 32.1. The van der Waals surface area contributed by atoms with E-state index in [1.807, 2.05) is 0 Å². The molecule has 0 saturated heterocycles. The predicted molar refractivity (Wildman–Crippen MR) is 270 cm³/mol. The summed E-state index contributed by atoms with van der Waals surface area (Å²) < 4.78 is 9.11. The van der Waals surface area contributed by atoms with Crippen molar-refractivity contribution in [2.75, 3.05) is 4.90 Å². The molecule has 2 aromatic heterocycles. The lowest BCUT2D eigenvalue weighted by molar-refractivity contribution is 0.457. The number of anilines is 3. The molecule has 0 radical (unpaired) electrons. The molecule has 10 aromatic rings. The van der Waals surface area contributed by atoms with Crippen LogP contribution in [0.25, 0.3) is 55.7 Å². The van der Waals surface area contributed by atoms with Crippen LogP contribution in [0.4, 0.5) is 17.1 Å². The molecule has 310 valence electrons. The van der Waals surface area contributed by atoms with Crippen LogP contribution < -0.4 is 4.90 Å². The second kappa shape index (κ2) is 14.9. The zero-order valence-electron chi connectivity index (χ0n) is 36.2. The number of hydrogen-bond acceptors (Lipinski definition) is 2. The lowest BCUT2D eigenvalue weighted by Crippen LogP contribution is -2.35. The molecule has 0 fully saturated rings. The Labute approximate surface area is 379 Å². The fourth-order valence-electron chi connectivity index (χ4n) is 11.6. The maximum absolute atomic E-state index is 6.73. The minimum absolute atomic E-state index is 0.218. The van der Waals surface area contributed by atoms with E-state index in [-0.39, 0.29) is 11.8 Å². The van der Waals surface area contributed by atoms with Crippen molar-refractivity contribution in [2.45, 2.75) is 30.6 Å². The number of benzene rings is 8. The van der Waals surface area contributed by atoms with E-state index < -0.39 is 5.41 Å². The van der Waals surface area contributed by atoms with E-state index in [1.165, 1.54) is 60.8 Å². The lowest BCUT2D eigenvalue weighted by Gasteiger charge is -2.39. The van der Waals surface area contributed by atoms with E-state index >= 15 is 0 Å². The maximum atomic E-state index is 6.73. The van der Waals surface area contributed by atoms with Gasteiger partial charge in [0.1, 0.15) is 11.3 Å². The third kappa shape index (κ3) is 5.75. The summed E-state index contributed by atoms with van der Waals surface area (Å²) in [5.74, 6) is 1.89. The Morgan fingerprint density at radius 3 is 1.98 bits per heavy atom. The number of fused-ring (bicyclic) bond motifs is 9. The number of para-hydroxylation sites is 2. The molecule has 0 amide bonds. The summed E-state index contributed by atoms with van der Waals surface area (Å²) in [5, 5.41) is 3.66. The largest absolute Gasteiger partial charge is 0.460 e. The molecule has 3 unspecified atom stereocenters. The normalized spacial score (nSPS) is 18.0. The minimum atomic E-state index is -0.399. The van der Waals surface area contributed by atoms with E-state index in [9.17, 15) is 0 Å². The molecule has 3 nitrogen and oxygen atoms in total. The van der Waals surface area contributed by atoms with Crippen molar-refractivity contribution >= 4 is 55.9 Å². The fourth-order valence-corrected chi connectivity index (χ4v) is 11.6. The van der Waals surface area contributed by atoms with Crippen molar-refractivity contribution in [3.8, 4) is 16.8 Å². The van der Waals surface area contributed by atoms with Crippen LogP contribution >= 0.6 is 0 Å². The van der Waals surface area contributed by atoms with Gasteiger partial charge in [-0.15, -0.1) is 0 Å². The van der Waals surface area contributed by atoms with Gasteiger partial charge in [-0.05, 0) is 107 Å². The third-order valence-corrected chi connectivity index (χ3v) is 14.5. The third-order valence-electron chi connectivity index (χ3n) is 14.5. The smallest absolute Gasteiger partial charge is 0.137 e. The Kier molecular flexibility index (Phi) is 8.61. The van der Waals surface area contributed by atoms with Gasteiger partial charge in [-0.25, -0.2) is 0 Å². The highest BCUT2D eigenvalue weighted by Crippen LogP contribution is 2.60. The number of aromatic nitrogens is 1. The van der Waals surface area contributed by atoms with Gasteiger partial charge in [-0.3, -0.25) is 0 Å². The second-order valence-electron chi connectivity index (χ2n) is 18.0. The zero-order chi connectivity index (χ0) is 43.1.